The van der Waals surface area contributed by atoms with Gasteiger partial charge >= 0.3 is 0 Å². The summed E-state index contributed by atoms with van der Waals surface area (Å²) >= 11 is 7.27. The van der Waals surface area contributed by atoms with Gasteiger partial charge in [-0.25, -0.2) is 0 Å². The van der Waals surface area contributed by atoms with Crippen LogP contribution in [-0.4, -0.2) is 21.8 Å². The number of halogens is 1. The highest BCUT2D eigenvalue weighted by atomic mass is 35.5. The number of aromatic nitrogens is 2. The monoisotopic (exact) mass is 307 g/mol. The van der Waals surface area contributed by atoms with Crippen molar-refractivity contribution in [2.45, 2.75) is 12.6 Å². The number of fused-ring (bicyclic) bond motifs is 1. The van der Waals surface area contributed by atoms with Crippen molar-refractivity contribution in [3.8, 4) is 0 Å². The number of para-hydroxylation sites is 1. The van der Waals surface area contributed by atoms with Gasteiger partial charge in [-0.1, -0.05) is 29.8 Å². The molecule has 0 bridgehead atoms. The Morgan fingerprint density at radius 1 is 1.35 bits per heavy atom. The first-order valence-corrected chi connectivity index (χ1v) is 7.48. The maximum absolute atomic E-state index is 10.1. The number of aromatic amines is 1. The molecule has 3 aromatic rings. The fourth-order valence-corrected chi connectivity index (χ4v) is 3.18. The van der Waals surface area contributed by atoms with Gasteiger partial charge in [-0.15, -0.1) is 11.3 Å². The molecule has 1 unspecified atom stereocenters. The van der Waals surface area contributed by atoms with Crippen LogP contribution in [0.5, 0.6) is 0 Å². The Labute approximate surface area is 125 Å². The molecule has 3 N–H and O–H groups in total. The summed E-state index contributed by atoms with van der Waals surface area (Å²) in [6, 6.07) is 9.72. The summed E-state index contributed by atoms with van der Waals surface area (Å²) in [4.78, 5) is 0.877. The van der Waals surface area contributed by atoms with E-state index in [4.69, 9.17) is 11.6 Å². The zero-order valence-corrected chi connectivity index (χ0v) is 12.2. The number of benzene rings is 1. The van der Waals surface area contributed by atoms with Crippen molar-refractivity contribution < 1.29 is 5.11 Å². The largest absolute Gasteiger partial charge is 0.386 e. The first-order chi connectivity index (χ1) is 9.74. The smallest absolute Gasteiger partial charge is 0.101 e. The highest BCUT2D eigenvalue weighted by molar-refractivity contribution is 7.16. The molecule has 20 heavy (non-hydrogen) atoms. The van der Waals surface area contributed by atoms with E-state index < -0.39 is 6.10 Å². The summed E-state index contributed by atoms with van der Waals surface area (Å²) in [5.74, 6) is 0. The van der Waals surface area contributed by atoms with Crippen LogP contribution in [0.3, 0.4) is 0 Å². The number of aliphatic hydroxyl groups is 1. The lowest BCUT2D eigenvalue weighted by atomic mass is 10.1. The minimum absolute atomic E-state index is 0.487. The Balaban J connectivity index is 1.61. The Bertz CT molecular complexity index is 709. The molecular formula is C14H14ClN3OS. The van der Waals surface area contributed by atoms with Gasteiger partial charge in [0.15, 0.2) is 0 Å². The Kier molecular flexibility index (Phi) is 4.03. The summed E-state index contributed by atoms with van der Waals surface area (Å²) in [6.07, 6.45) is 1.27. The molecule has 0 spiro atoms. The van der Waals surface area contributed by atoms with Crippen molar-refractivity contribution in [2.24, 2.45) is 0 Å². The Morgan fingerprint density at radius 3 is 3.05 bits per heavy atom. The number of nitrogens with one attached hydrogen (secondary N) is 2. The van der Waals surface area contributed by atoms with E-state index in [2.05, 4.69) is 15.5 Å². The van der Waals surface area contributed by atoms with Crippen molar-refractivity contribution in [2.75, 3.05) is 6.54 Å². The van der Waals surface area contributed by atoms with Gasteiger partial charge in [0.25, 0.3) is 0 Å². The van der Waals surface area contributed by atoms with E-state index in [1.165, 1.54) is 11.3 Å². The number of nitrogens with zero attached hydrogens (tertiary/aromatic N) is 1. The number of hydrogen-bond donors (Lipinski definition) is 3. The average Bonchev–Trinajstić information content (AvgIpc) is 3.07. The Hall–Kier alpha value is -1.40. The molecule has 1 atom stereocenters. The van der Waals surface area contributed by atoms with Gasteiger partial charge in [0.05, 0.1) is 16.0 Å². The van der Waals surface area contributed by atoms with Crippen molar-refractivity contribution in [3.05, 3.63) is 51.3 Å². The zero-order valence-electron chi connectivity index (χ0n) is 10.6. The maximum Gasteiger partial charge on any atom is 0.101 e. The lowest BCUT2D eigenvalue weighted by Crippen LogP contribution is -2.20. The Morgan fingerprint density at radius 2 is 2.25 bits per heavy atom. The molecule has 0 aliphatic carbocycles. The predicted molar refractivity (Wildman–Crippen MR) is 82.1 cm³/mol. The summed E-state index contributed by atoms with van der Waals surface area (Å²) in [5, 5.41) is 21.4. The van der Waals surface area contributed by atoms with Gasteiger partial charge < -0.3 is 10.4 Å². The van der Waals surface area contributed by atoms with Crippen LogP contribution < -0.4 is 5.32 Å². The van der Waals surface area contributed by atoms with Crippen LogP contribution in [0.1, 0.15) is 16.5 Å². The second-order valence-electron chi connectivity index (χ2n) is 4.54. The minimum atomic E-state index is -0.534. The lowest BCUT2D eigenvalue weighted by molar-refractivity contribution is 0.178. The molecule has 104 valence electrons. The van der Waals surface area contributed by atoms with E-state index in [1.807, 2.05) is 24.3 Å². The highest BCUT2D eigenvalue weighted by Crippen LogP contribution is 2.26. The van der Waals surface area contributed by atoms with Gasteiger partial charge in [-0.2, -0.15) is 5.10 Å². The second-order valence-corrected chi connectivity index (χ2v) is 6.29. The molecule has 0 saturated heterocycles. The molecule has 0 fully saturated rings. The molecule has 0 radical (unpaired) electrons. The van der Waals surface area contributed by atoms with Gasteiger partial charge in [-0.3, -0.25) is 5.10 Å². The van der Waals surface area contributed by atoms with E-state index in [9.17, 15) is 5.11 Å². The van der Waals surface area contributed by atoms with Crippen LogP contribution in [0, 0.1) is 0 Å². The molecule has 0 amide bonds. The van der Waals surface area contributed by atoms with Gasteiger partial charge in [-0.05, 0) is 17.7 Å². The fraction of sp³-hybridized carbons (Fsp3) is 0.214. The SMILES string of the molecule is OC(CNCc1cccc2cn[nH]c12)c1ccc(Cl)s1. The van der Waals surface area contributed by atoms with E-state index in [0.717, 1.165) is 21.3 Å². The quantitative estimate of drug-likeness (QED) is 0.679. The first-order valence-electron chi connectivity index (χ1n) is 6.29. The highest BCUT2D eigenvalue weighted by Gasteiger charge is 2.10. The number of hydrogen-bond acceptors (Lipinski definition) is 4. The lowest BCUT2D eigenvalue weighted by Gasteiger charge is -2.10. The van der Waals surface area contributed by atoms with E-state index in [-0.39, 0.29) is 0 Å². The van der Waals surface area contributed by atoms with Crippen LogP contribution in [0.2, 0.25) is 4.34 Å². The topological polar surface area (TPSA) is 60.9 Å². The van der Waals surface area contributed by atoms with Gasteiger partial charge in [0, 0.05) is 23.4 Å². The number of aliphatic hydroxyl groups excluding tert-OH is 1. The van der Waals surface area contributed by atoms with Crippen LogP contribution >= 0.6 is 22.9 Å². The third-order valence-corrected chi connectivity index (χ3v) is 4.47. The third kappa shape index (κ3) is 2.86. The van der Waals surface area contributed by atoms with Crippen molar-refractivity contribution >= 4 is 33.8 Å². The van der Waals surface area contributed by atoms with Crippen LogP contribution in [-0.2, 0) is 6.54 Å². The zero-order chi connectivity index (χ0) is 13.9. The standard InChI is InChI=1S/C14H14ClN3OS/c15-13-5-4-12(20-13)11(19)8-16-6-9-2-1-3-10-7-17-18-14(9)10/h1-5,7,11,16,19H,6,8H2,(H,17,18). The average molecular weight is 308 g/mol. The minimum Gasteiger partial charge on any atom is -0.386 e. The van der Waals surface area contributed by atoms with Crippen LogP contribution in [0.4, 0.5) is 0 Å². The first kappa shape index (κ1) is 13.6. The van der Waals surface area contributed by atoms with E-state index in [0.29, 0.717) is 17.4 Å². The van der Waals surface area contributed by atoms with Crippen molar-refractivity contribution in [1.29, 1.82) is 0 Å². The molecule has 1 aromatic carbocycles. The van der Waals surface area contributed by atoms with E-state index in [1.54, 1.807) is 12.3 Å². The molecular weight excluding hydrogens is 294 g/mol. The third-order valence-electron chi connectivity index (χ3n) is 3.14. The normalized spacial score (nSPS) is 12.9. The predicted octanol–water partition coefficient (Wildman–Crippen LogP) is 3.10. The molecule has 0 saturated carbocycles. The van der Waals surface area contributed by atoms with Gasteiger partial charge in [0.2, 0.25) is 0 Å². The second kappa shape index (κ2) is 5.93. The van der Waals surface area contributed by atoms with Crippen molar-refractivity contribution in [3.63, 3.8) is 0 Å². The summed E-state index contributed by atoms with van der Waals surface area (Å²) in [5.41, 5.74) is 2.17. The van der Waals surface area contributed by atoms with E-state index >= 15 is 0 Å². The maximum atomic E-state index is 10.1. The van der Waals surface area contributed by atoms with Gasteiger partial charge in [0.1, 0.15) is 6.10 Å². The van der Waals surface area contributed by atoms with Crippen molar-refractivity contribution in [1.82, 2.24) is 15.5 Å². The summed E-state index contributed by atoms with van der Waals surface area (Å²) < 4.78 is 0.696. The number of H-pyrrole nitrogens is 1. The number of rotatable bonds is 5. The fourth-order valence-electron chi connectivity index (χ4n) is 2.13. The number of thiophene rings is 1. The summed E-state index contributed by atoms with van der Waals surface area (Å²) in [6.45, 7) is 1.16. The molecule has 0 aliphatic rings. The molecule has 6 heteroatoms. The van der Waals surface area contributed by atoms with Crippen LogP contribution in [0.15, 0.2) is 36.5 Å². The molecule has 2 heterocycles. The molecule has 4 nitrogen and oxygen atoms in total. The molecule has 3 rings (SSSR count). The molecule has 2 aromatic heterocycles. The molecule has 0 aliphatic heterocycles. The summed E-state index contributed by atoms with van der Waals surface area (Å²) in [7, 11) is 0. The van der Waals surface area contributed by atoms with Crippen LogP contribution in [0.25, 0.3) is 10.9 Å².